The van der Waals surface area contributed by atoms with Crippen molar-refractivity contribution < 1.29 is 10.2 Å². The van der Waals surface area contributed by atoms with Crippen LogP contribution in [0.5, 0.6) is 0 Å². The number of nitrogens with zero attached hydrogens (tertiary/aromatic N) is 3. The van der Waals surface area contributed by atoms with Crippen LogP contribution in [0.2, 0.25) is 0 Å². The molecular formula is C13H25N3O2. The van der Waals surface area contributed by atoms with Gasteiger partial charge >= 0.3 is 0 Å². The Kier molecular flexibility index (Phi) is 5.28. The molecule has 0 fully saturated rings. The second-order valence-corrected chi connectivity index (χ2v) is 5.28. The van der Waals surface area contributed by atoms with Crippen LogP contribution in [-0.2, 0) is 13.0 Å². The molecule has 0 spiro atoms. The molecule has 1 atom stereocenters. The summed E-state index contributed by atoms with van der Waals surface area (Å²) in [7, 11) is 0. The molecule has 1 aromatic rings. The molecule has 0 saturated carbocycles. The minimum Gasteiger partial charge on any atom is -0.390 e. The number of aromatic nitrogens is 3. The van der Waals surface area contributed by atoms with E-state index in [4.69, 9.17) is 0 Å². The van der Waals surface area contributed by atoms with Crippen LogP contribution in [-0.4, -0.2) is 36.7 Å². The van der Waals surface area contributed by atoms with Gasteiger partial charge in [-0.1, -0.05) is 27.7 Å². The van der Waals surface area contributed by atoms with E-state index in [1.54, 1.807) is 4.68 Å². The first kappa shape index (κ1) is 15.1. The van der Waals surface area contributed by atoms with E-state index in [0.29, 0.717) is 25.2 Å². The molecule has 0 amide bonds. The summed E-state index contributed by atoms with van der Waals surface area (Å²) in [5.74, 6) is 1.20. The molecule has 1 heterocycles. The van der Waals surface area contributed by atoms with E-state index in [2.05, 4.69) is 23.9 Å². The normalized spacial score (nSPS) is 14.2. The molecular weight excluding hydrogens is 230 g/mol. The summed E-state index contributed by atoms with van der Waals surface area (Å²) in [6, 6.07) is 0. The van der Waals surface area contributed by atoms with Crippen LogP contribution >= 0.6 is 0 Å². The van der Waals surface area contributed by atoms with Gasteiger partial charge in [0, 0.05) is 13.0 Å². The topological polar surface area (TPSA) is 71.2 Å². The summed E-state index contributed by atoms with van der Waals surface area (Å²) >= 11 is 0. The van der Waals surface area contributed by atoms with Gasteiger partial charge in [-0.15, -0.1) is 0 Å². The average Bonchev–Trinajstić information content (AvgIpc) is 2.74. The molecule has 1 rings (SSSR count). The van der Waals surface area contributed by atoms with Crippen LogP contribution in [0.4, 0.5) is 0 Å². The molecule has 18 heavy (non-hydrogen) atoms. The quantitative estimate of drug-likeness (QED) is 0.772. The van der Waals surface area contributed by atoms with Crippen LogP contribution in [0, 0.1) is 5.92 Å². The molecule has 2 N–H and O–H groups in total. The highest BCUT2D eigenvalue weighted by atomic mass is 16.3. The van der Waals surface area contributed by atoms with Crippen molar-refractivity contribution in [3.05, 3.63) is 12.2 Å². The third-order valence-corrected chi connectivity index (χ3v) is 3.45. The van der Waals surface area contributed by atoms with Crippen molar-refractivity contribution in [2.45, 2.75) is 65.2 Å². The Morgan fingerprint density at radius 1 is 1.33 bits per heavy atom. The molecule has 0 aliphatic carbocycles. The lowest BCUT2D eigenvalue weighted by atomic mass is 9.88. The fourth-order valence-corrected chi connectivity index (χ4v) is 2.03. The number of rotatable bonds is 7. The van der Waals surface area contributed by atoms with Gasteiger partial charge in [0.2, 0.25) is 0 Å². The molecule has 5 nitrogen and oxygen atoms in total. The molecule has 0 aliphatic rings. The second-order valence-electron chi connectivity index (χ2n) is 5.28. The lowest BCUT2D eigenvalue weighted by Crippen LogP contribution is -2.43. The van der Waals surface area contributed by atoms with Crippen molar-refractivity contribution in [2.24, 2.45) is 5.92 Å². The fraction of sp³-hybridized carbons (Fsp3) is 0.846. The first-order valence-corrected chi connectivity index (χ1v) is 6.70. The Morgan fingerprint density at radius 3 is 2.44 bits per heavy atom. The van der Waals surface area contributed by atoms with Crippen molar-refractivity contribution in [1.29, 1.82) is 0 Å². The second kappa shape index (κ2) is 6.29. The van der Waals surface area contributed by atoms with E-state index in [9.17, 15) is 10.2 Å². The van der Waals surface area contributed by atoms with Gasteiger partial charge in [0.25, 0.3) is 0 Å². The van der Waals surface area contributed by atoms with Gasteiger partial charge in [-0.25, -0.2) is 9.67 Å². The van der Waals surface area contributed by atoms with Crippen LogP contribution < -0.4 is 0 Å². The van der Waals surface area contributed by atoms with Gasteiger partial charge in [0.1, 0.15) is 12.2 Å². The van der Waals surface area contributed by atoms with Crippen LogP contribution in [0.1, 0.15) is 46.4 Å². The van der Waals surface area contributed by atoms with E-state index < -0.39 is 11.7 Å². The van der Waals surface area contributed by atoms with Gasteiger partial charge in [-0.3, -0.25) is 0 Å². The standard InChI is InChI=1S/C13H25N3O2/c1-5-13(18,6-2)11(17)7-12-14-9-15-16(12)8-10(3)4/h9-11,17-18H,5-8H2,1-4H3. The summed E-state index contributed by atoms with van der Waals surface area (Å²) in [5.41, 5.74) is -1.03. The van der Waals surface area contributed by atoms with Gasteiger partial charge in [0.05, 0.1) is 11.7 Å². The lowest BCUT2D eigenvalue weighted by molar-refractivity contribution is -0.0801. The molecule has 0 radical (unpaired) electrons. The van der Waals surface area contributed by atoms with Gasteiger partial charge in [-0.2, -0.15) is 5.10 Å². The maximum absolute atomic E-state index is 10.3. The maximum Gasteiger partial charge on any atom is 0.138 e. The van der Waals surface area contributed by atoms with E-state index in [1.807, 2.05) is 13.8 Å². The maximum atomic E-state index is 10.3. The van der Waals surface area contributed by atoms with Crippen molar-refractivity contribution in [2.75, 3.05) is 0 Å². The SMILES string of the molecule is CCC(O)(CC)C(O)Cc1ncnn1CC(C)C. The molecule has 0 aliphatic heterocycles. The number of aliphatic hydroxyl groups is 2. The third-order valence-electron chi connectivity index (χ3n) is 3.45. The molecule has 1 unspecified atom stereocenters. The zero-order chi connectivity index (χ0) is 13.8. The molecule has 5 heteroatoms. The summed E-state index contributed by atoms with van der Waals surface area (Å²) < 4.78 is 1.81. The fourth-order valence-electron chi connectivity index (χ4n) is 2.03. The Hall–Kier alpha value is -0.940. The molecule has 104 valence electrons. The Morgan fingerprint density at radius 2 is 1.94 bits per heavy atom. The van der Waals surface area contributed by atoms with Gasteiger partial charge in [-0.05, 0) is 18.8 Å². The highest BCUT2D eigenvalue weighted by Crippen LogP contribution is 2.22. The lowest BCUT2D eigenvalue weighted by Gasteiger charge is -2.30. The van der Waals surface area contributed by atoms with E-state index >= 15 is 0 Å². The highest BCUT2D eigenvalue weighted by molar-refractivity contribution is 4.94. The molecule has 1 aromatic heterocycles. The molecule has 0 bridgehead atoms. The van der Waals surface area contributed by atoms with Gasteiger partial charge in [0.15, 0.2) is 0 Å². The smallest absolute Gasteiger partial charge is 0.138 e. The minimum atomic E-state index is -1.03. The zero-order valence-corrected chi connectivity index (χ0v) is 11.8. The number of hydrogen-bond donors (Lipinski definition) is 2. The van der Waals surface area contributed by atoms with E-state index in [0.717, 1.165) is 12.4 Å². The van der Waals surface area contributed by atoms with E-state index in [1.165, 1.54) is 6.33 Å². The largest absolute Gasteiger partial charge is 0.390 e. The summed E-state index contributed by atoms with van der Waals surface area (Å²) in [5, 5.41) is 24.6. The molecule has 0 aromatic carbocycles. The first-order chi connectivity index (χ1) is 8.42. The Labute approximate surface area is 109 Å². The van der Waals surface area contributed by atoms with Crippen LogP contribution in [0.15, 0.2) is 6.33 Å². The van der Waals surface area contributed by atoms with Crippen molar-refractivity contribution >= 4 is 0 Å². The Bertz CT molecular complexity index is 359. The van der Waals surface area contributed by atoms with Crippen LogP contribution in [0.25, 0.3) is 0 Å². The number of hydrogen-bond acceptors (Lipinski definition) is 4. The predicted molar refractivity (Wildman–Crippen MR) is 70.1 cm³/mol. The zero-order valence-electron chi connectivity index (χ0n) is 11.8. The highest BCUT2D eigenvalue weighted by Gasteiger charge is 2.32. The van der Waals surface area contributed by atoms with Crippen molar-refractivity contribution in [1.82, 2.24) is 14.8 Å². The summed E-state index contributed by atoms with van der Waals surface area (Å²) in [6.45, 7) is 8.75. The summed E-state index contributed by atoms with van der Waals surface area (Å²) in [6.07, 6.45) is 2.10. The predicted octanol–water partition coefficient (Wildman–Crippen LogP) is 1.39. The van der Waals surface area contributed by atoms with Crippen LogP contribution in [0.3, 0.4) is 0 Å². The summed E-state index contributed by atoms with van der Waals surface area (Å²) in [4.78, 5) is 4.17. The first-order valence-electron chi connectivity index (χ1n) is 6.70. The van der Waals surface area contributed by atoms with E-state index in [-0.39, 0.29) is 0 Å². The van der Waals surface area contributed by atoms with Crippen molar-refractivity contribution in [3.8, 4) is 0 Å². The average molecular weight is 255 g/mol. The minimum absolute atomic E-state index is 0.338. The van der Waals surface area contributed by atoms with Crippen molar-refractivity contribution in [3.63, 3.8) is 0 Å². The third kappa shape index (κ3) is 3.53. The number of aliphatic hydroxyl groups excluding tert-OH is 1. The Balaban J connectivity index is 2.75. The van der Waals surface area contributed by atoms with Gasteiger partial charge < -0.3 is 10.2 Å². The molecule has 0 saturated heterocycles. The monoisotopic (exact) mass is 255 g/mol.